The fraction of sp³-hybridized carbons (Fsp3) is 0.172. The minimum atomic E-state index is -4.69. The molecule has 1 fully saturated rings. The number of halogens is 4. The average molecular weight is 614 g/mol. The highest BCUT2D eigenvalue weighted by atomic mass is 32.2. The van der Waals surface area contributed by atoms with Crippen molar-refractivity contribution in [1.29, 1.82) is 0 Å². The maximum atomic E-state index is 13.8. The molecule has 2 aliphatic heterocycles. The van der Waals surface area contributed by atoms with Gasteiger partial charge in [0.2, 0.25) is 17.7 Å². The molecule has 3 aromatic carbocycles. The number of amides is 3. The van der Waals surface area contributed by atoms with Gasteiger partial charge in [-0.3, -0.25) is 23.7 Å². The van der Waals surface area contributed by atoms with E-state index in [1.165, 1.54) is 34.9 Å². The number of hydrogen-bond donors (Lipinski definition) is 1. The van der Waals surface area contributed by atoms with Crippen molar-refractivity contribution in [2.45, 2.75) is 28.9 Å². The molecule has 7 nitrogen and oxygen atoms in total. The van der Waals surface area contributed by atoms with Gasteiger partial charge in [0, 0.05) is 16.5 Å². The smallest absolute Gasteiger partial charge is 0.325 e. The number of thiazole rings is 1. The van der Waals surface area contributed by atoms with Gasteiger partial charge in [-0.2, -0.15) is 13.2 Å². The second kappa shape index (κ2) is 10.6. The van der Waals surface area contributed by atoms with Crippen LogP contribution in [0.5, 0.6) is 0 Å². The molecule has 0 aliphatic carbocycles. The van der Waals surface area contributed by atoms with Gasteiger partial charge in [0.1, 0.15) is 17.6 Å². The molecule has 0 radical (unpaired) electrons. The maximum absolute atomic E-state index is 13.8. The summed E-state index contributed by atoms with van der Waals surface area (Å²) in [5.74, 6) is -4.47. The van der Waals surface area contributed by atoms with Crippen molar-refractivity contribution in [1.82, 2.24) is 4.57 Å². The zero-order valence-corrected chi connectivity index (χ0v) is 22.9. The normalized spacial score (nSPS) is 19.9. The first-order valence-corrected chi connectivity index (χ1v) is 14.3. The van der Waals surface area contributed by atoms with E-state index in [9.17, 15) is 36.7 Å². The number of imide groups is 1. The van der Waals surface area contributed by atoms with Crippen molar-refractivity contribution in [2.24, 2.45) is 5.92 Å². The first kappa shape index (κ1) is 27.9. The molecule has 3 heterocycles. The number of nitrogens with zero attached hydrogens (tertiary/aromatic N) is 2. The van der Waals surface area contributed by atoms with Crippen LogP contribution in [-0.2, 0) is 27.1 Å². The summed E-state index contributed by atoms with van der Waals surface area (Å²) in [7, 11) is 0. The largest absolute Gasteiger partial charge is 0.416 e. The van der Waals surface area contributed by atoms with Crippen molar-refractivity contribution in [3.63, 3.8) is 0 Å². The standard InChI is InChI=1S/C29H19F4N3O4S2/c30-17-11-9-15(10-12-17)21-22-23(26(39)36(25(22)38)19-8-4-5-16(13-19)29(31,32)33)41-27-24(21)42-28(40)35(27)14-20(37)34-18-6-2-1-3-7-18/h1-13,21-23H,14H2,(H,34,37)/t21-,22+,23-/m0/s1. The van der Waals surface area contributed by atoms with E-state index in [0.29, 0.717) is 21.2 Å². The number of alkyl halides is 3. The maximum Gasteiger partial charge on any atom is 0.416 e. The predicted octanol–water partition coefficient (Wildman–Crippen LogP) is 5.50. The third-order valence-corrected chi connectivity index (χ3v) is 9.67. The van der Waals surface area contributed by atoms with Crippen molar-refractivity contribution >= 4 is 52.2 Å². The van der Waals surface area contributed by atoms with Crippen LogP contribution in [0.25, 0.3) is 0 Å². The molecule has 0 bridgehead atoms. The molecule has 214 valence electrons. The summed E-state index contributed by atoms with van der Waals surface area (Å²) < 4.78 is 55.4. The molecule has 3 amide bonds. The van der Waals surface area contributed by atoms with Crippen LogP contribution < -0.4 is 15.1 Å². The van der Waals surface area contributed by atoms with E-state index in [1.54, 1.807) is 30.3 Å². The third-order valence-electron chi connectivity index (χ3n) is 7.07. The summed E-state index contributed by atoms with van der Waals surface area (Å²) in [5, 5.41) is 1.90. The summed E-state index contributed by atoms with van der Waals surface area (Å²) in [6.07, 6.45) is -4.69. The molecule has 6 rings (SSSR count). The molecule has 4 aromatic rings. The topological polar surface area (TPSA) is 88.5 Å². The number of aromatic nitrogens is 1. The molecule has 2 aliphatic rings. The average Bonchev–Trinajstić information content (AvgIpc) is 3.40. The number of hydrogen-bond acceptors (Lipinski definition) is 6. The third kappa shape index (κ3) is 4.92. The summed E-state index contributed by atoms with van der Waals surface area (Å²) >= 11 is 1.74. The van der Waals surface area contributed by atoms with Crippen molar-refractivity contribution < 1.29 is 31.9 Å². The highest BCUT2D eigenvalue weighted by molar-refractivity contribution is 8.00. The lowest BCUT2D eigenvalue weighted by atomic mass is 9.83. The van der Waals surface area contributed by atoms with E-state index >= 15 is 0 Å². The van der Waals surface area contributed by atoms with Gasteiger partial charge in [0.15, 0.2) is 0 Å². The van der Waals surface area contributed by atoms with Crippen LogP contribution in [0.15, 0.2) is 88.7 Å². The summed E-state index contributed by atoms with van der Waals surface area (Å²) in [6, 6.07) is 17.8. The zero-order valence-electron chi connectivity index (χ0n) is 21.3. The number of anilines is 2. The Morgan fingerprint density at radius 1 is 0.905 bits per heavy atom. The van der Waals surface area contributed by atoms with Gasteiger partial charge < -0.3 is 5.32 Å². The first-order chi connectivity index (χ1) is 20.0. The van der Waals surface area contributed by atoms with E-state index in [0.717, 1.165) is 46.2 Å². The van der Waals surface area contributed by atoms with Gasteiger partial charge in [-0.15, -0.1) is 0 Å². The van der Waals surface area contributed by atoms with E-state index < -0.39 is 57.2 Å². The Balaban J connectivity index is 1.42. The number of para-hydroxylation sites is 1. The SMILES string of the molecule is O=C(Cn1c2c(sc1=O)[C@@H](c1ccc(F)cc1)[C@H]1C(=O)N(c3cccc(C(F)(F)F)c3)C(=O)[C@H]1S2)Nc1ccccc1. The predicted molar refractivity (Wildman–Crippen MR) is 149 cm³/mol. The molecule has 42 heavy (non-hydrogen) atoms. The zero-order chi connectivity index (χ0) is 29.8. The Bertz CT molecular complexity index is 1770. The monoisotopic (exact) mass is 613 g/mol. The number of fused-ring (bicyclic) bond motifs is 2. The van der Waals surface area contributed by atoms with Crippen LogP contribution >= 0.6 is 23.1 Å². The number of rotatable bonds is 5. The van der Waals surface area contributed by atoms with Crippen LogP contribution in [0.1, 0.15) is 21.9 Å². The van der Waals surface area contributed by atoms with Gasteiger partial charge in [-0.1, -0.05) is 59.5 Å². The Morgan fingerprint density at radius 2 is 1.62 bits per heavy atom. The lowest BCUT2D eigenvalue weighted by Gasteiger charge is -2.30. The molecule has 1 aromatic heterocycles. The Kier molecular flexibility index (Phi) is 7.01. The molecule has 13 heteroatoms. The highest BCUT2D eigenvalue weighted by Crippen LogP contribution is 2.54. The number of carbonyl (C=O) groups is 3. The minimum Gasteiger partial charge on any atom is -0.325 e. The molecule has 1 N–H and O–H groups in total. The quantitative estimate of drug-likeness (QED) is 0.237. The Labute approximate surface area is 243 Å². The molecular formula is C29H19F4N3O4S2. The number of benzene rings is 3. The Hall–Kier alpha value is -4.23. The summed E-state index contributed by atoms with van der Waals surface area (Å²) in [5.41, 5.74) is -0.279. The molecule has 0 unspecified atom stereocenters. The van der Waals surface area contributed by atoms with Crippen LogP contribution in [0, 0.1) is 11.7 Å². The summed E-state index contributed by atoms with van der Waals surface area (Å²) in [6.45, 7) is -0.375. The van der Waals surface area contributed by atoms with Crippen molar-refractivity contribution in [3.8, 4) is 0 Å². The second-order valence-electron chi connectivity index (χ2n) is 9.69. The molecule has 1 saturated heterocycles. The lowest BCUT2D eigenvalue weighted by molar-refractivity contribution is -0.137. The first-order valence-electron chi connectivity index (χ1n) is 12.6. The van der Waals surface area contributed by atoms with Crippen molar-refractivity contribution in [2.75, 3.05) is 10.2 Å². The fourth-order valence-corrected chi connectivity index (χ4v) is 8.00. The molecule has 3 atom stereocenters. The molecular weight excluding hydrogens is 594 g/mol. The van der Waals surface area contributed by atoms with Gasteiger partial charge in [-0.05, 0) is 48.0 Å². The minimum absolute atomic E-state index is 0.226. The van der Waals surface area contributed by atoms with E-state index in [2.05, 4.69) is 5.32 Å². The van der Waals surface area contributed by atoms with E-state index in [4.69, 9.17) is 0 Å². The molecule has 0 saturated carbocycles. The van der Waals surface area contributed by atoms with Crippen LogP contribution in [0.3, 0.4) is 0 Å². The number of carbonyl (C=O) groups excluding carboxylic acids is 3. The highest BCUT2D eigenvalue weighted by Gasteiger charge is 2.57. The van der Waals surface area contributed by atoms with Crippen LogP contribution in [-0.4, -0.2) is 27.5 Å². The van der Waals surface area contributed by atoms with Crippen LogP contribution in [0.4, 0.5) is 28.9 Å². The number of thioether (sulfide) groups is 1. The van der Waals surface area contributed by atoms with E-state index in [1.807, 2.05) is 0 Å². The van der Waals surface area contributed by atoms with E-state index in [-0.39, 0.29) is 12.2 Å². The fourth-order valence-electron chi connectivity index (χ4n) is 5.23. The van der Waals surface area contributed by atoms with Gasteiger partial charge in [-0.25, -0.2) is 9.29 Å². The second-order valence-corrected chi connectivity index (χ2v) is 11.8. The lowest BCUT2D eigenvalue weighted by Crippen LogP contribution is -2.33. The van der Waals surface area contributed by atoms with Gasteiger partial charge in [0.25, 0.3) is 0 Å². The van der Waals surface area contributed by atoms with Crippen LogP contribution in [0.2, 0.25) is 0 Å². The summed E-state index contributed by atoms with van der Waals surface area (Å²) in [4.78, 5) is 54.3. The van der Waals surface area contributed by atoms with Crippen molar-refractivity contribution in [3.05, 3.63) is 110 Å². The Morgan fingerprint density at radius 3 is 2.31 bits per heavy atom. The van der Waals surface area contributed by atoms with Gasteiger partial charge in [0.05, 0.1) is 22.2 Å². The number of nitrogens with one attached hydrogen (secondary N) is 1. The molecule has 0 spiro atoms. The van der Waals surface area contributed by atoms with Gasteiger partial charge >= 0.3 is 11.0 Å².